The van der Waals surface area contributed by atoms with Crippen LogP contribution >= 0.6 is 0 Å². The van der Waals surface area contributed by atoms with E-state index in [1.807, 2.05) is 18.7 Å². The van der Waals surface area contributed by atoms with Crippen molar-refractivity contribution in [3.05, 3.63) is 0 Å². The maximum atomic E-state index is 13.1. The van der Waals surface area contributed by atoms with Crippen molar-refractivity contribution in [1.82, 2.24) is 10.2 Å². The predicted molar refractivity (Wildman–Crippen MR) is 77.0 cm³/mol. The smallest absolute Gasteiger partial charge is 0.249 e. The average molecular weight is 278 g/mol. The van der Waals surface area contributed by atoms with Crippen LogP contribution in [0.2, 0.25) is 0 Å². The molecule has 1 aliphatic heterocycles. The molecular formula is C16H26N2O2. The molecule has 2 aliphatic carbocycles. The summed E-state index contributed by atoms with van der Waals surface area (Å²) < 4.78 is 0. The summed E-state index contributed by atoms with van der Waals surface area (Å²) in [5.41, 5.74) is -1.30. The van der Waals surface area contributed by atoms with E-state index < -0.39 is 11.1 Å². The van der Waals surface area contributed by atoms with Crippen LogP contribution in [0, 0.1) is 17.8 Å². The Bertz CT molecular complexity index is 453. The maximum Gasteiger partial charge on any atom is 0.249 e. The molecule has 1 N–H and O–H groups in total. The third-order valence-electron chi connectivity index (χ3n) is 5.40. The average Bonchev–Trinajstić information content (AvgIpc) is 3.22. The lowest BCUT2D eigenvalue weighted by molar-refractivity contribution is -0.165. The molecule has 2 atom stereocenters. The first-order chi connectivity index (χ1) is 9.30. The van der Waals surface area contributed by atoms with E-state index in [0.29, 0.717) is 24.3 Å². The van der Waals surface area contributed by atoms with Crippen molar-refractivity contribution in [3.63, 3.8) is 0 Å². The predicted octanol–water partition coefficient (Wildman–Crippen LogP) is 1.94. The monoisotopic (exact) mass is 278 g/mol. The number of carbonyl (C=O) groups excluding carboxylic acids is 2. The minimum absolute atomic E-state index is 0.0645. The van der Waals surface area contributed by atoms with Gasteiger partial charge in [-0.2, -0.15) is 0 Å². The second kappa shape index (κ2) is 4.22. The van der Waals surface area contributed by atoms with Gasteiger partial charge >= 0.3 is 0 Å². The number of hydrogen-bond donors (Lipinski definition) is 1. The number of amides is 2. The molecule has 0 spiro atoms. The van der Waals surface area contributed by atoms with Gasteiger partial charge in [-0.15, -0.1) is 0 Å². The lowest BCUT2D eigenvalue weighted by Crippen LogP contribution is -2.75. The van der Waals surface area contributed by atoms with Crippen molar-refractivity contribution in [2.45, 2.75) is 64.5 Å². The number of rotatable bonds is 4. The summed E-state index contributed by atoms with van der Waals surface area (Å²) in [4.78, 5) is 27.8. The third kappa shape index (κ3) is 1.87. The molecule has 2 saturated carbocycles. The van der Waals surface area contributed by atoms with E-state index in [1.54, 1.807) is 0 Å². The summed E-state index contributed by atoms with van der Waals surface area (Å²) in [7, 11) is 0. The Morgan fingerprint density at radius 2 is 1.70 bits per heavy atom. The normalized spacial score (nSPS) is 38.4. The van der Waals surface area contributed by atoms with Crippen molar-refractivity contribution in [1.29, 1.82) is 0 Å². The molecule has 3 aliphatic rings. The highest BCUT2D eigenvalue weighted by Gasteiger charge is 2.63. The van der Waals surface area contributed by atoms with Gasteiger partial charge in [-0.1, -0.05) is 13.8 Å². The van der Waals surface area contributed by atoms with Crippen LogP contribution in [-0.4, -0.2) is 34.3 Å². The lowest BCUT2D eigenvalue weighted by Gasteiger charge is -2.51. The Morgan fingerprint density at radius 3 is 2.15 bits per heavy atom. The topological polar surface area (TPSA) is 49.4 Å². The lowest BCUT2D eigenvalue weighted by atomic mass is 9.81. The summed E-state index contributed by atoms with van der Waals surface area (Å²) in [6.07, 6.45) is 4.23. The zero-order valence-electron chi connectivity index (χ0n) is 13.0. The summed E-state index contributed by atoms with van der Waals surface area (Å²) in [5.74, 6) is 1.26. The highest BCUT2D eigenvalue weighted by molar-refractivity contribution is 6.02. The van der Waals surface area contributed by atoms with Gasteiger partial charge < -0.3 is 10.2 Å². The Labute approximate surface area is 121 Å². The van der Waals surface area contributed by atoms with Gasteiger partial charge in [-0.25, -0.2) is 0 Å². The van der Waals surface area contributed by atoms with E-state index in [-0.39, 0.29) is 11.8 Å². The largest absolute Gasteiger partial charge is 0.340 e. The molecule has 3 fully saturated rings. The van der Waals surface area contributed by atoms with Crippen LogP contribution in [0.1, 0.15) is 53.4 Å². The van der Waals surface area contributed by atoms with Gasteiger partial charge in [0.05, 0.1) is 0 Å². The molecule has 3 rings (SSSR count). The van der Waals surface area contributed by atoms with Crippen molar-refractivity contribution in [3.8, 4) is 0 Å². The van der Waals surface area contributed by atoms with E-state index >= 15 is 0 Å². The van der Waals surface area contributed by atoms with Gasteiger partial charge in [-0.3, -0.25) is 9.59 Å². The fourth-order valence-electron chi connectivity index (χ4n) is 3.66. The van der Waals surface area contributed by atoms with Crippen LogP contribution < -0.4 is 5.32 Å². The zero-order chi connectivity index (χ0) is 14.7. The van der Waals surface area contributed by atoms with Gasteiger partial charge in [0.1, 0.15) is 11.1 Å². The Hall–Kier alpha value is -1.06. The van der Waals surface area contributed by atoms with Crippen LogP contribution in [0.25, 0.3) is 0 Å². The summed E-state index contributed by atoms with van der Waals surface area (Å²) in [6, 6.07) is 0. The summed E-state index contributed by atoms with van der Waals surface area (Å²) in [6.45, 7) is 8.79. The number of hydrogen-bond acceptors (Lipinski definition) is 2. The van der Waals surface area contributed by atoms with E-state index in [0.717, 1.165) is 25.7 Å². The molecule has 1 heterocycles. The number of piperazine rings is 1. The second-order valence-electron chi connectivity index (χ2n) is 7.66. The summed E-state index contributed by atoms with van der Waals surface area (Å²) in [5, 5.41) is 3.09. The molecule has 0 bridgehead atoms. The van der Waals surface area contributed by atoms with Crippen LogP contribution in [0.15, 0.2) is 0 Å². The van der Waals surface area contributed by atoms with E-state index in [4.69, 9.17) is 0 Å². The molecule has 1 saturated heterocycles. The Kier molecular flexibility index (Phi) is 2.93. The minimum atomic E-state index is -0.666. The molecule has 0 aromatic rings. The van der Waals surface area contributed by atoms with Crippen molar-refractivity contribution in [2.24, 2.45) is 17.8 Å². The second-order valence-corrected chi connectivity index (χ2v) is 7.66. The molecular weight excluding hydrogens is 252 g/mol. The highest BCUT2D eigenvalue weighted by atomic mass is 16.2. The van der Waals surface area contributed by atoms with Crippen molar-refractivity contribution in [2.75, 3.05) is 6.54 Å². The molecule has 0 aromatic carbocycles. The van der Waals surface area contributed by atoms with Crippen molar-refractivity contribution >= 4 is 11.8 Å². The standard InChI is InChI=1S/C16H26N2O2/c1-10(2)9-18-14(20)15(3,11-5-6-11)17-13(19)16(18,4)12-7-8-12/h10-12H,5-9H2,1-4H3,(H,17,19). The van der Waals surface area contributed by atoms with Crippen LogP contribution in [0.3, 0.4) is 0 Å². The van der Waals surface area contributed by atoms with Crippen molar-refractivity contribution < 1.29 is 9.59 Å². The molecule has 20 heavy (non-hydrogen) atoms. The van der Waals surface area contributed by atoms with Crippen LogP contribution in [0.5, 0.6) is 0 Å². The summed E-state index contributed by atoms with van der Waals surface area (Å²) >= 11 is 0. The van der Waals surface area contributed by atoms with Gasteiger partial charge in [0, 0.05) is 6.54 Å². The molecule has 0 radical (unpaired) electrons. The van der Waals surface area contributed by atoms with Crippen LogP contribution in [0.4, 0.5) is 0 Å². The molecule has 4 nitrogen and oxygen atoms in total. The number of nitrogens with zero attached hydrogens (tertiary/aromatic N) is 1. The first kappa shape index (κ1) is 13.9. The molecule has 2 amide bonds. The highest BCUT2D eigenvalue weighted by Crippen LogP contribution is 2.49. The molecule has 0 aromatic heterocycles. The number of carbonyl (C=O) groups is 2. The minimum Gasteiger partial charge on any atom is -0.340 e. The van der Waals surface area contributed by atoms with Gasteiger partial charge in [0.25, 0.3) is 0 Å². The third-order valence-corrected chi connectivity index (χ3v) is 5.40. The first-order valence-corrected chi connectivity index (χ1v) is 7.94. The fourth-order valence-corrected chi connectivity index (χ4v) is 3.66. The van der Waals surface area contributed by atoms with Gasteiger partial charge in [0.15, 0.2) is 0 Å². The molecule has 112 valence electrons. The molecule has 2 unspecified atom stereocenters. The number of nitrogens with one attached hydrogen (secondary N) is 1. The Balaban J connectivity index is 1.96. The molecule has 4 heteroatoms. The van der Waals surface area contributed by atoms with Gasteiger partial charge in [-0.05, 0) is 57.3 Å². The SMILES string of the molecule is CC(C)CN1C(=O)C(C)(C2CC2)NC(=O)C1(C)C1CC1. The zero-order valence-corrected chi connectivity index (χ0v) is 13.0. The van der Waals surface area contributed by atoms with E-state index in [9.17, 15) is 9.59 Å². The van der Waals surface area contributed by atoms with Gasteiger partial charge in [0.2, 0.25) is 11.8 Å². The van der Waals surface area contributed by atoms with E-state index in [2.05, 4.69) is 19.2 Å². The quantitative estimate of drug-likeness (QED) is 0.854. The van der Waals surface area contributed by atoms with Crippen LogP contribution in [-0.2, 0) is 9.59 Å². The maximum absolute atomic E-state index is 13.1. The van der Waals surface area contributed by atoms with E-state index in [1.165, 1.54) is 0 Å². The Morgan fingerprint density at radius 1 is 1.15 bits per heavy atom. The first-order valence-electron chi connectivity index (χ1n) is 7.94. The fraction of sp³-hybridized carbons (Fsp3) is 0.875.